The highest BCUT2D eigenvalue weighted by molar-refractivity contribution is 8.04. The van der Waals surface area contributed by atoms with Crippen molar-refractivity contribution in [2.75, 3.05) is 11.1 Å². The van der Waals surface area contributed by atoms with Crippen molar-refractivity contribution >= 4 is 37.3 Å². The number of carbonyl (C=O) groups is 1. The van der Waals surface area contributed by atoms with E-state index < -0.39 is 20.0 Å². The number of rotatable bonds is 5. The average Bonchev–Trinajstić information content (AvgIpc) is 2.46. The first-order chi connectivity index (χ1) is 11.1. The van der Waals surface area contributed by atoms with Crippen LogP contribution in [0.1, 0.15) is 6.92 Å². The van der Waals surface area contributed by atoms with Gasteiger partial charge in [-0.25, -0.2) is 16.8 Å². The summed E-state index contributed by atoms with van der Waals surface area (Å²) >= 11 is 0. The lowest BCUT2D eigenvalue weighted by Gasteiger charge is -2.09. The van der Waals surface area contributed by atoms with Crippen LogP contribution in [-0.2, 0) is 24.8 Å². The molecule has 0 bridgehead atoms. The molecule has 2 aromatic carbocycles. The Hall–Kier alpha value is -2.43. The molecule has 0 fully saturated rings. The van der Waals surface area contributed by atoms with Gasteiger partial charge in [-0.2, -0.15) is 0 Å². The van der Waals surface area contributed by atoms with E-state index in [-0.39, 0.29) is 15.7 Å². The van der Waals surface area contributed by atoms with Crippen molar-refractivity contribution < 1.29 is 21.6 Å². The smallest absolute Gasteiger partial charge is 0.253 e. The van der Waals surface area contributed by atoms with Crippen LogP contribution < -0.4 is 15.2 Å². The van der Waals surface area contributed by atoms with Crippen molar-refractivity contribution in [1.82, 2.24) is 4.13 Å². The molecule has 0 aromatic heterocycles. The summed E-state index contributed by atoms with van der Waals surface area (Å²) in [6, 6.07) is 10.2. The van der Waals surface area contributed by atoms with Crippen molar-refractivity contribution in [3.8, 4) is 0 Å². The van der Waals surface area contributed by atoms with Crippen molar-refractivity contribution in [3.63, 3.8) is 0 Å². The lowest BCUT2D eigenvalue weighted by Crippen LogP contribution is -2.30. The molecule has 128 valence electrons. The van der Waals surface area contributed by atoms with Crippen molar-refractivity contribution in [1.29, 1.82) is 0 Å². The molecular weight excluding hydrogens is 354 g/mol. The van der Waals surface area contributed by atoms with Gasteiger partial charge in [0.2, 0.25) is 5.91 Å². The first-order valence-electron chi connectivity index (χ1n) is 6.62. The Morgan fingerprint density at radius 3 is 1.67 bits per heavy atom. The summed E-state index contributed by atoms with van der Waals surface area (Å²) in [5.41, 5.74) is 6.22. The van der Waals surface area contributed by atoms with Crippen molar-refractivity contribution in [3.05, 3.63) is 48.5 Å². The number of nitrogen functional groups attached to an aromatic ring is 1. The largest absolute Gasteiger partial charge is 0.399 e. The van der Waals surface area contributed by atoms with Crippen LogP contribution in [0.3, 0.4) is 0 Å². The molecule has 0 unspecified atom stereocenters. The quantitative estimate of drug-likeness (QED) is 0.670. The third-order valence-corrected chi connectivity index (χ3v) is 6.44. The summed E-state index contributed by atoms with van der Waals surface area (Å²) in [6.45, 7) is 1.31. The second kappa shape index (κ2) is 6.59. The normalized spacial score (nSPS) is 11.9. The van der Waals surface area contributed by atoms with Crippen LogP contribution in [0.2, 0.25) is 0 Å². The number of amides is 1. The van der Waals surface area contributed by atoms with Crippen LogP contribution >= 0.6 is 0 Å². The van der Waals surface area contributed by atoms with E-state index in [1.54, 1.807) is 4.13 Å². The summed E-state index contributed by atoms with van der Waals surface area (Å²) in [7, 11) is -8.58. The SMILES string of the molecule is CC(=O)Nc1ccc(S(=O)(=O)NS(=O)(=O)c2ccc(N)cc2)cc1. The summed E-state index contributed by atoms with van der Waals surface area (Å²) in [4.78, 5) is 10.5. The van der Waals surface area contributed by atoms with Gasteiger partial charge in [-0.15, -0.1) is 4.13 Å². The van der Waals surface area contributed by atoms with Gasteiger partial charge in [-0.1, -0.05) is 0 Å². The van der Waals surface area contributed by atoms with Crippen LogP contribution in [0, 0.1) is 0 Å². The van der Waals surface area contributed by atoms with Gasteiger partial charge < -0.3 is 11.1 Å². The summed E-state index contributed by atoms with van der Waals surface area (Å²) in [5.74, 6) is -0.310. The fourth-order valence-electron chi connectivity index (χ4n) is 1.81. The van der Waals surface area contributed by atoms with Crippen LogP contribution in [0.25, 0.3) is 0 Å². The minimum Gasteiger partial charge on any atom is -0.399 e. The van der Waals surface area contributed by atoms with Crippen molar-refractivity contribution in [2.45, 2.75) is 16.7 Å². The maximum Gasteiger partial charge on any atom is 0.253 e. The molecule has 0 radical (unpaired) electrons. The molecule has 0 aliphatic rings. The highest BCUT2D eigenvalue weighted by Gasteiger charge is 2.24. The molecule has 10 heteroatoms. The number of benzene rings is 2. The molecule has 4 N–H and O–H groups in total. The maximum atomic E-state index is 12.2. The molecule has 2 aromatic rings. The van der Waals surface area contributed by atoms with Crippen LogP contribution in [0.4, 0.5) is 11.4 Å². The maximum absolute atomic E-state index is 12.2. The Kier molecular flexibility index (Phi) is 4.92. The molecule has 0 spiro atoms. The molecule has 2 rings (SSSR count). The third kappa shape index (κ3) is 4.31. The van der Waals surface area contributed by atoms with Crippen LogP contribution in [0.15, 0.2) is 58.3 Å². The van der Waals surface area contributed by atoms with E-state index in [0.717, 1.165) is 0 Å². The molecular formula is C14H15N3O5S2. The predicted molar refractivity (Wildman–Crippen MR) is 89.1 cm³/mol. The number of hydrogen-bond acceptors (Lipinski definition) is 6. The topological polar surface area (TPSA) is 135 Å². The molecule has 0 saturated heterocycles. The second-order valence-electron chi connectivity index (χ2n) is 4.86. The highest BCUT2D eigenvalue weighted by atomic mass is 32.3. The summed E-state index contributed by atoms with van der Waals surface area (Å²) in [6.07, 6.45) is 0. The number of nitrogens with one attached hydrogen (secondary N) is 2. The molecule has 1 amide bonds. The van der Waals surface area contributed by atoms with Crippen molar-refractivity contribution in [2.24, 2.45) is 0 Å². The van der Waals surface area contributed by atoms with Gasteiger partial charge in [0.1, 0.15) is 0 Å². The Bertz CT molecular complexity index is 950. The van der Waals surface area contributed by atoms with E-state index in [4.69, 9.17) is 5.73 Å². The van der Waals surface area contributed by atoms with E-state index in [9.17, 15) is 21.6 Å². The monoisotopic (exact) mass is 369 g/mol. The van der Waals surface area contributed by atoms with Gasteiger partial charge in [0.05, 0.1) is 9.79 Å². The zero-order valence-corrected chi connectivity index (χ0v) is 14.2. The first-order valence-corrected chi connectivity index (χ1v) is 9.59. The Morgan fingerprint density at radius 1 is 0.833 bits per heavy atom. The third-order valence-electron chi connectivity index (χ3n) is 2.89. The zero-order chi connectivity index (χ0) is 18.0. The Labute approximate surface area is 139 Å². The van der Waals surface area contributed by atoms with Gasteiger partial charge >= 0.3 is 0 Å². The summed E-state index contributed by atoms with van der Waals surface area (Å²) in [5, 5.41) is 2.48. The molecule has 24 heavy (non-hydrogen) atoms. The van der Waals surface area contributed by atoms with Gasteiger partial charge in [0.15, 0.2) is 0 Å². The number of carbonyl (C=O) groups excluding carboxylic acids is 1. The molecule has 0 aliphatic heterocycles. The fourth-order valence-corrected chi connectivity index (χ4v) is 4.72. The first kappa shape index (κ1) is 17.9. The fraction of sp³-hybridized carbons (Fsp3) is 0.0714. The van der Waals surface area contributed by atoms with Gasteiger partial charge in [0, 0.05) is 18.3 Å². The van der Waals surface area contributed by atoms with E-state index in [1.807, 2.05) is 0 Å². The Balaban J connectivity index is 2.27. The molecule has 0 atom stereocenters. The number of nitrogens with two attached hydrogens (primary N) is 1. The van der Waals surface area contributed by atoms with E-state index in [0.29, 0.717) is 11.4 Å². The van der Waals surface area contributed by atoms with Crippen LogP contribution in [0.5, 0.6) is 0 Å². The van der Waals surface area contributed by atoms with E-state index in [1.165, 1.54) is 55.5 Å². The van der Waals surface area contributed by atoms with Gasteiger partial charge in [-0.05, 0) is 48.5 Å². The van der Waals surface area contributed by atoms with E-state index in [2.05, 4.69) is 5.32 Å². The minimum atomic E-state index is -4.30. The number of sulfonamides is 2. The molecule has 0 saturated carbocycles. The molecule has 0 heterocycles. The van der Waals surface area contributed by atoms with Crippen LogP contribution in [-0.4, -0.2) is 22.7 Å². The van der Waals surface area contributed by atoms with Gasteiger partial charge in [-0.3, -0.25) is 4.79 Å². The lowest BCUT2D eigenvalue weighted by atomic mass is 10.3. The average molecular weight is 369 g/mol. The number of hydrogen-bond donors (Lipinski definition) is 3. The van der Waals surface area contributed by atoms with E-state index >= 15 is 0 Å². The second-order valence-corrected chi connectivity index (χ2v) is 8.49. The molecule has 8 nitrogen and oxygen atoms in total. The highest BCUT2D eigenvalue weighted by Crippen LogP contribution is 2.17. The zero-order valence-electron chi connectivity index (χ0n) is 12.6. The standard InChI is InChI=1S/C14H15N3O5S2/c1-10(18)16-12-4-8-14(9-5-12)24(21,22)17-23(19,20)13-6-2-11(15)3-7-13/h2-9,17H,15H2,1H3,(H,16,18). The molecule has 0 aliphatic carbocycles. The predicted octanol–water partition coefficient (Wildman–Crippen LogP) is 0.894. The minimum absolute atomic E-state index is 0.227. The Morgan fingerprint density at radius 2 is 1.25 bits per heavy atom. The number of anilines is 2. The van der Waals surface area contributed by atoms with Gasteiger partial charge in [0.25, 0.3) is 20.0 Å². The summed E-state index contributed by atoms with van der Waals surface area (Å²) < 4.78 is 50.4. The lowest BCUT2D eigenvalue weighted by molar-refractivity contribution is -0.114.